The minimum atomic E-state index is -3.66. The lowest BCUT2D eigenvalue weighted by Crippen LogP contribution is -2.35. The number of nitrogens with one attached hydrogen (secondary N) is 2. The molecule has 1 aromatic rings. The predicted molar refractivity (Wildman–Crippen MR) is 73.4 cm³/mol. The highest BCUT2D eigenvalue weighted by Crippen LogP contribution is 2.17. The Morgan fingerprint density at radius 1 is 1.21 bits per heavy atom. The van der Waals surface area contributed by atoms with Crippen molar-refractivity contribution in [3.63, 3.8) is 0 Å². The fraction of sp³-hybridized carbons (Fsp3) is 0.455. The first-order valence-corrected chi connectivity index (χ1v) is 9.13. The van der Waals surface area contributed by atoms with E-state index in [2.05, 4.69) is 10.0 Å². The standard InChI is InChI=1S/C11H16N2O4S2/c1-12-9-2-4-11(5-3-9)19(16,17)13-10-6-7-18(14,15)8-10/h2-5,10,12-13H,6-8H2,1H3. The smallest absolute Gasteiger partial charge is 0.240 e. The molecular weight excluding hydrogens is 288 g/mol. The van der Waals surface area contributed by atoms with Gasteiger partial charge in [0, 0.05) is 18.8 Å². The lowest BCUT2D eigenvalue weighted by atomic mass is 10.3. The monoisotopic (exact) mass is 304 g/mol. The van der Waals surface area contributed by atoms with Crippen molar-refractivity contribution in [2.75, 3.05) is 23.9 Å². The van der Waals surface area contributed by atoms with E-state index >= 15 is 0 Å². The molecule has 0 radical (unpaired) electrons. The van der Waals surface area contributed by atoms with Gasteiger partial charge in [0.1, 0.15) is 0 Å². The van der Waals surface area contributed by atoms with E-state index < -0.39 is 25.9 Å². The molecule has 1 fully saturated rings. The van der Waals surface area contributed by atoms with Gasteiger partial charge in [-0.1, -0.05) is 0 Å². The molecule has 1 heterocycles. The van der Waals surface area contributed by atoms with Crippen LogP contribution in [0, 0.1) is 0 Å². The van der Waals surface area contributed by atoms with Crippen LogP contribution in [0.3, 0.4) is 0 Å². The summed E-state index contributed by atoms with van der Waals surface area (Å²) in [4.78, 5) is 0.135. The van der Waals surface area contributed by atoms with Crippen molar-refractivity contribution in [3.05, 3.63) is 24.3 Å². The van der Waals surface area contributed by atoms with Crippen LogP contribution in [0.2, 0.25) is 0 Å². The van der Waals surface area contributed by atoms with Crippen LogP contribution >= 0.6 is 0 Å². The molecule has 1 aliphatic heterocycles. The van der Waals surface area contributed by atoms with Gasteiger partial charge in [0.2, 0.25) is 10.0 Å². The number of sulfone groups is 1. The summed E-state index contributed by atoms with van der Waals surface area (Å²) in [6.45, 7) is 0. The summed E-state index contributed by atoms with van der Waals surface area (Å²) < 4.78 is 49.2. The molecule has 1 atom stereocenters. The van der Waals surface area contributed by atoms with Gasteiger partial charge in [0.05, 0.1) is 16.4 Å². The van der Waals surface area contributed by atoms with Gasteiger partial charge < -0.3 is 5.32 Å². The molecule has 1 unspecified atom stereocenters. The number of benzene rings is 1. The second kappa shape index (κ2) is 5.10. The number of sulfonamides is 1. The van der Waals surface area contributed by atoms with Crippen LogP contribution in [-0.4, -0.2) is 41.4 Å². The highest BCUT2D eigenvalue weighted by Gasteiger charge is 2.31. The Hall–Kier alpha value is -1.12. The molecule has 8 heteroatoms. The van der Waals surface area contributed by atoms with E-state index in [0.717, 1.165) is 5.69 Å². The van der Waals surface area contributed by atoms with Gasteiger partial charge in [-0.2, -0.15) is 0 Å². The summed E-state index contributed by atoms with van der Waals surface area (Å²) in [6.07, 6.45) is 0.330. The molecule has 0 spiro atoms. The zero-order valence-electron chi connectivity index (χ0n) is 10.5. The van der Waals surface area contributed by atoms with Gasteiger partial charge in [0.25, 0.3) is 0 Å². The molecule has 6 nitrogen and oxygen atoms in total. The molecule has 0 saturated carbocycles. The Morgan fingerprint density at radius 3 is 2.32 bits per heavy atom. The van der Waals surface area contributed by atoms with Crippen molar-refractivity contribution in [3.8, 4) is 0 Å². The van der Waals surface area contributed by atoms with Gasteiger partial charge in [0.15, 0.2) is 9.84 Å². The summed E-state index contributed by atoms with van der Waals surface area (Å²) >= 11 is 0. The van der Waals surface area contributed by atoms with Gasteiger partial charge in [-0.25, -0.2) is 21.6 Å². The first-order valence-electron chi connectivity index (χ1n) is 5.83. The van der Waals surface area contributed by atoms with Crippen molar-refractivity contribution in [2.45, 2.75) is 17.4 Å². The maximum absolute atomic E-state index is 12.1. The number of rotatable bonds is 4. The third kappa shape index (κ3) is 3.46. The van der Waals surface area contributed by atoms with Gasteiger partial charge >= 0.3 is 0 Å². The van der Waals surface area contributed by atoms with Crippen molar-refractivity contribution in [1.82, 2.24) is 4.72 Å². The normalized spacial score (nSPS) is 22.3. The Morgan fingerprint density at radius 2 is 1.84 bits per heavy atom. The number of hydrogen-bond donors (Lipinski definition) is 2. The van der Waals surface area contributed by atoms with Crippen molar-refractivity contribution < 1.29 is 16.8 Å². The Labute approximate surface area is 113 Å². The van der Waals surface area contributed by atoms with E-state index in [-0.39, 0.29) is 16.4 Å². The average Bonchev–Trinajstić information content (AvgIpc) is 2.68. The van der Waals surface area contributed by atoms with Crippen molar-refractivity contribution in [2.24, 2.45) is 0 Å². The zero-order valence-corrected chi connectivity index (χ0v) is 12.1. The molecule has 2 N–H and O–H groups in total. The van der Waals surface area contributed by atoms with Crippen molar-refractivity contribution in [1.29, 1.82) is 0 Å². The average molecular weight is 304 g/mol. The molecular formula is C11H16N2O4S2. The van der Waals surface area contributed by atoms with Crippen molar-refractivity contribution >= 4 is 25.5 Å². The van der Waals surface area contributed by atoms with E-state index in [1.165, 1.54) is 12.1 Å². The van der Waals surface area contributed by atoms with Gasteiger partial charge in [-0.15, -0.1) is 0 Å². The largest absolute Gasteiger partial charge is 0.388 e. The maximum Gasteiger partial charge on any atom is 0.240 e. The minimum Gasteiger partial charge on any atom is -0.388 e. The molecule has 0 amide bonds. The molecule has 0 aliphatic carbocycles. The van der Waals surface area contributed by atoms with Gasteiger partial charge in [-0.05, 0) is 30.7 Å². The number of hydrogen-bond acceptors (Lipinski definition) is 5. The molecule has 1 saturated heterocycles. The van der Waals surface area contributed by atoms with Gasteiger partial charge in [-0.3, -0.25) is 0 Å². The Bertz CT molecular complexity index is 650. The Kier molecular flexibility index (Phi) is 3.84. The van der Waals surface area contributed by atoms with Crippen LogP contribution < -0.4 is 10.0 Å². The lowest BCUT2D eigenvalue weighted by Gasteiger charge is -2.11. The fourth-order valence-corrected chi connectivity index (χ4v) is 5.03. The first kappa shape index (κ1) is 14.3. The molecule has 2 rings (SSSR count). The van der Waals surface area contributed by atoms with Crippen LogP contribution in [0.4, 0.5) is 5.69 Å². The Balaban J connectivity index is 2.14. The summed E-state index contributed by atoms with van der Waals surface area (Å²) in [5.41, 5.74) is 0.808. The third-order valence-electron chi connectivity index (χ3n) is 3.01. The summed E-state index contributed by atoms with van der Waals surface area (Å²) in [6, 6.07) is 5.74. The maximum atomic E-state index is 12.1. The predicted octanol–water partition coefficient (Wildman–Crippen LogP) is 0.194. The SMILES string of the molecule is CNc1ccc(S(=O)(=O)NC2CCS(=O)(=O)C2)cc1. The molecule has 0 aromatic heterocycles. The van der Waals surface area contributed by atoms with E-state index in [0.29, 0.717) is 6.42 Å². The summed E-state index contributed by atoms with van der Waals surface area (Å²) in [7, 11) is -5.02. The second-order valence-electron chi connectivity index (χ2n) is 4.50. The van der Waals surface area contributed by atoms with Crippen LogP contribution in [0.15, 0.2) is 29.2 Å². The third-order valence-corrected chi connectivity index (χ3v) is 6.31. The highest BCUT2D eigenvalue weighted by atomic mass is 32.2. The second-order valence-corrected chi connectivity index (χ2v) is 8.44. The minimum absolute atomic E-state index is 0.0406. The van der Waals surface area contributed by atoms with E-state index in [1.54, 1.807) is 19.2 Å². The zero-order chi connectivity index (χ0) is 14.1. The molecule has 1 aliphatic rings. The summed E-state index contributed by atoms with van der Waals surface area (Å²) in [5, 5.41) is 2.89. The molecule has 19 heavy (non-hydrogen) atoms. The number of anilines is 1. The molecule has 0 bridgehead atoms. The quantitative estimate of drug-likeness (QED) is 0.828. The van der Waals surface area contributed by atoms with E-state index in [4.69, 9.17) is 0 Å². The molecule has 106 valence electrons. The summed E-state index contributed by atoms with van der Waals surface area (Å²) in [5.74, 6) is -0.0836. The first-order chi connectivity index (χ1) is 8.82. The molecule has 1 aromatic carbocycles. The lowest BCUT2D eigenvalue weighted by molar-refractivity contribution is 0.562. The van der Waals surface area contributed by atoms with Crippen LogP contribution in [0.1, 0.15) is 6.42 Å². The van der Waals surface area contributed by atoms with E-state index in [1.807, 2.05) is 0 Å². The van der Waals surface area contributed by atoms with Crippen LogP contribution in [0.5, 0.6) is 0 Å². The van der Waals surface area contributed by atoms with Crippen LogP contribution in [0.25, 0.3) is 0 Å². The fourth-order valence-electron chi connectivity index (χ4n) is 1.98. The topological polar surface area (TPSA) is 92.3 Å². The van der Waals surface area contributed by atoms with E-state index in [9.17, 15) is 16.8 Å². The van der Waals surface area contributed by atoms with Crippen LogP contribution in [-0.2, 0) is 19.9 Å². The highest BCUT2D eigenvalue weighted by molar-refractivity contribution is 7.92.